The molecule has 1 aromatic carbocycles. The molecular weight excluding hydrogens is 188 g/mol. The summed E-state index contributed by atoms with van der Waals surface area (Å²) in [5.74, 6) is 1.34. The zero-order valence-electron chi connectivity index (χ0n) is 9.95. The van der Waals surface area contributed by atoms with Gasteiger partial charge in [-0.25, -0.2) is 0 Å². The van der Waals surface area contributed by atoms with Crippen LogP contribution in [0.5, 0.6) is 5.75 Å². The molecule has 0 saturated heterocycles. The molecule has 0 radical (unpaired) electrons. The molecule has 84 valence electrons. The molecule has 0 heterocycles. The number of hydrogen-bond acceptors (Lipinski definition) is 2. The highest BCUT2D eigenvalue weighted by atomic mass is 16.5. The maximum absolute atomic E-state index is 9.95. The normalized spacial score (nSPS) is 12.9. The summed E-state index contributed by atoms with van der Waals surface area (Å²) >= 11 is 0. The van der Waals surface area contributed by atoms with Gasteiger partial charge in [0, 0.05) is 0 Å². The highest BCUT2D eigenvalue weighted by Gasteiger charge is 2.11. The average molecular weight is 208 g/mol. The Hall–Kier alpha value is -1.02. The minimum absolute atomic E-state index is 0.389. The Labute approximate surface area is 91.9 Å². The first-order valence-corrected chi connectivity index (χ1v) is 5.37. The van der Waals surface area contributed by atoms with E-state index in [1.807, 2.05) is 25.1 Å². The van der Waals surface area contributed by atoms with Crippen molar-refractivity contribution >= 4 is 0 Å². The third kappa shape index (κ3) is 3.24. The average Bonchev–Trinajstić information content (AvgIpc) is 2.17. The van der Waals surface area contributed by atoms with Crippen LogP contribution in [0.3, 0.4) is 0 Å². The van der Waals surface area contributed by atoms with Gasteiger partial charge in [0.05, 0.1) is 13.2 Å². The fourth-order valence-electron chi connectivity index (χ4n) is 1.63. The van der Waals surface area contributed by atoms with Crippen LogP contribution in [0.2, 0.25) is 0 Å². The van der Waals surface area contributed by atoms with Crippen LogP contribution >= 0.6 is 0 Å². The Morgan fingerprint density at radius 2 is 2.00 bits per heavy atom. The van der Waals surface area contributed by atoms with Gasteiger partial charge in [0.1, 0.15) is 5.75 Å². The maximum Gasteiger partial charge on any atom is 0.122 e. The van der Waals surface area contributed by atoms with Crippen molar-refractivity contribution in [1.82, 2.24) is 0 Å². The number of aliphatic hydroxyl groups excluding tert-OH is 1. The molecule has 1 rings (SSSR count). The molecule has 2 nitrogen and oxygen atoms in total. The molecule has 0 aromatic heterocycles. The van der Waals surface area contributed by atoms with Crippen molar-refractivity contribution in [1.29, 1.82) is 0 Å². The molecule has 0 saturated carbocycles. The molecule has 0 aliphatic rings. The van der Waals surface area contributed by atoms with E-state index in [2.05, 4.69) is 13.8 Å². The largest absolute Gasteiger partial charge is 0.496 e. The molecule has 0 bridgehead atoms. The van der Waals surface area contributed by atoms with Crippen LogP contribution in [0.1, 0.15) is 37.5 Å². The first-order valence-electron chi connectivity index (χ1n) is 5.37. The predicted molar refractivity (Wildman–Crippen MR) is 62.1 cm³/mol. The van der Waals surface area contributed by atoms with E-state index in [-0.39, 0.29) is 6.10 Å². The summed E-state index contributed by atoms with van der Waals surface area (Å²) < 4.78 is 5.23. The Kier molecular flexibility index (Phi) is 4.15. The molecule has 15 heavy (non-hydrogen) atoms. The zero-order chi connectivity index (χ0) is 11.4. The van der Waals surface area contributed by atoms with Crippen LogP contribution in [0, 0.1) is 12.8 Å². The summed E-state index contributed by atoms with van der Waals surface area (Å²) in [4.78, 5) is 0. The number of ether oxygens (including phenoxy) is 1. The van der Waals surface area contributed by atoms with E-state index < -0.39 is 0 Å². The van der Waals surface area contributed by atoms with Gasteiger partial charge in [0.15, 0.2) is 0 Å². The van der Waals surface area contributed by atoms with E-state index in [1.165, 1.54) is 0 Å². The van der Waals surface area contributed by atoms with Crippen molar-refractivity contribution in [3.05, 3.63) is 29.3 Å². The minimum atomic E-state index is -0.389. The van der Waals surface area contributed by atoms with Gasteiger partial charge in [-0.15, -0.1) is 0 Å². The minimum Gasteiger partial charge on any atom is -0.496 e. The van der Waals surface area contributed by atoms with E-state index >= 15 is 0 Å². The van der Waals surface area contributed by atoms with Gasteiger partial charge >= 0.3 is 0 Å². The van der Waals surface area contributed by atoms with Gasteiger partial charge in [-0.2, -0.15) is 0 Å². The summed E-state index contributed by atoms with van der Waals surface area (Å²) in [7, 11) is 1.65. The summed E-state index contributed by atoms with van der Waals surface area (Å²) in [5.41, 5.74) is 2.03. The first-order chi connectivity index (χ1) is 7.04. The number of aryl methyl sites for hydroxylation is 1. The monoisotopic (exact) mass is 208 g/mol. The Morgan fingerprint density at radius 1 is 1.33 bits per heavy atom. The lowest BCUT2D eigenvalue weighted by Crippen LogP contribution is -2.02. The highest BCUT2D eigenvalue weighted by Crippen LogP contribution is 2.26. The van der Waals surface area contributed by atoms with Gasteiger partial charge in [0.2, 0.25) is 0 Å². The second kappa shape index (κ2) is 5.17. The lowest BCUT2D eigenvalue weighted by atomic mass is 9.98. The molecule has 1 atom stereocenters. The lowest BCUT2D eigenvalue weighted by molar-refractivity contribution is 0.150. The standard InChI is InChI=1S/C13H20O2/c1-9(2)7-12(14)11-6-5-10(3)13(8-11)15-4/h5-6,8-9,12,14H,7H2,1-4H3. The molecule has 2 heteroatoms. The van der Waals surface area contributed by atoms with E-state index in [1.54, 1.807) is 7.11 Å². The van der Waals surface area contributed by atoms with E-state index in [9.17, 15) is 5.11 Å². The van der Waals surface area contributed by atoms with Crippen LogP contribution in [-0.2, 0) is 0 Å². The molecule has 0 aliphatic carbocycles. The van der Waals surface area contributed by atoms with Crippen molar-refractivity contribution in [3.63, 3.8) is 0 Å². The number of rotatable bonds is 4. The molecule has 0 fully saturated rings. The number of methoxy groups -OCH3 is 1. The zero-order valence-corrected chi connectivity index (χ0v) is 9.95. The smallest absolute Gasteiger partial charge is 0.122 e. The van der Waals surface area contributed by atoms with Crippen LogP contribution in [0.15, 0.2) is 18.2 Å². The third-order valence-corrected chi connectivity index (χ3v) is 2.51. The fraction of sp³-hybridized carbons (Fsp3) is 0.538. The second-order valence-corrected chi connectivity index (χ2v) is 4.37. The van der Waals surface area contributed by atoms with Crippen molar-refractivity contribution in [2.45, 2.75) is 33.3 Å². The van der Waals surface area contributed by atoms with E-state index in [0.717, 1.165) is 23.3 Å². The topological polar surface area (TPSA) is 29.5 Å². The van der Waals surface area contributed by atoms with Crippen molar-refractivity contribution in [2.24, 2.45) is 5.92 Å². The quantitative estimate of drug-likeness (QED) is 0.824. The van der Waals surface area contributed by atoms with E-state index in [0.29, 0.717) is 5.92 Å². The summed E-state index contributed by atoms with van der Waals surface area (Å²) in [6.07, 6.45) is 0.395. The first kappa shape index (κ1) is 12.1. The van der Waals surface area contributed by atoms with Crippen molar-refractivity contribution in [3.8, 4) is 5.75 Å². The van der Waals surface area contributed by atoms with Gasteiger partial charge in [0.25, 0.3) is 0 Å². The second-order valence-electron chi connectivity index (χ2n) is 4.37. The lowest BCUT2D eigenvalue weighted by Gasteiger charge is -2.15. The highest BCUT2D eigenvalue weighted by molar-refractivity contribution is 5.37. The fourth-order valence-corrected chi connectivity index (χ4v) is 1.63. The Morgan fingerprint density at radius 3 is 2.53 bits per heavy atom. The third-order valence-electron chi connectivity index (χ3n) is 2.51. The molecule has 0 amide bonds. The van der Waals surface area contributed by atoms with E-state index in [4.69, 9.17) is 4.74 Å². The predicted octanol–water partition coefficient (Wildman–Crippen LogP) is 3.08. The van der Waals surface area contributed by atoms with Crippen LogP contribution in [-0.4, -0.2) is 12.2 Å². The number of aliphatic hydroxyl groups is 1. The van der Waals surface area contributed by atoms with Gasteiger partial charge in [-0.3, -0.25) is 0 Å². The van der Waals surface area contributed by atoms with Gasteiger partial charge in [-0.1, -0.05) is 26.0 Å². The Balaban J connectivity index is 2.85. The van der Waals surface area contributed by atoms with Crippen LogP contribution in [0.4, 0.5) is 0 Å². The van der Waals surface area contributed by atoms with Crippen molar-refractivity contribution < 1.29 is 9.84 Å². The van der Waals surface area contributed by atoms with Crippen LogP contribution < -0.4 is 4.74 Å². The molecule has 0 spiro atoms. The molecule has 1 unspecified atom stereocenters. The number of hydrogen-bond donors (Lipinski definition) is 1. The van der Waals surface area contributed by atoms with Crippen molar-refractivity contribution in [2.75, 3.05) is 7.11 Å². The molecule has 1 N–H and O–H groups in total. The number of benzene rings is 1. The summed E-state index contributed by atoms with van der Waals surface area (Å²) in [5, 5.41) is 9.95. The molecule has 0 aliphatic heterocycles. The van der Waals surface area contributed by atoms with Gasteiger partial charge in [-0.05, 0) is 36.5 Å². The SMILES string of the molecule is COc1cc(C(O)CC(C)C)ccc1C. The Bertz CT molecular complexity index is 318. The summed E-state index contributed by atoms with van der Waals surface area (Å²) in [6, 6.07) is 5.87. The maximum atomic E-state index is 9.95. The molecular formula is C13H20O2. The van der Waals surface area contributed by atoms with Crippen LogP contribution in [0.25, 0.3) is 0 Å². The van der Waals surface area contributed by atoms with Gasteiger partial charge < -0.3 is 9.84 Å². The molecule has 1 aromatic rings. The summed E-state index contributed by atoms with van der Waals surface area (Å²) in [6.45, 7) is 6.21.